The van der Waals surface area contributed by atoms with E-state index < -0.39 is 42.0 Å². The maximum absolute atomic E-state index is 15.0. The number of nitrogens with one attached hydrogen (secondary N) is 1. The Morgan fingerprint density at radius 3 is 2.50 bits per heavy atom. The van der Waals surface area contributed by atoms with Crippen molar-refractivity contribution in [3.05, 3.63) is 71.3 Å². The van der Waals surface area contributed by atoms with Gasteiger partial charge in [0.1, 0.15) is 12.4 Å². The van der Waals surface area contributed by atoms with Gasteiger partial charge in [0.05, 0.1) is 29.1 Å². The van der Waals surface area contributed by atoms with E-state index in [2.05, 4.69) is 15.3 Å². The van der Waals surface area contributed by atoms with Gasteiger partial charge in [0.25, 0.3) is 5.92 Å². The zero-order valence-electron chi connectivity index (χ0n) is 18.5. The number of nitrogens with zero attached hydrogens (tertiary/aromatic N) is 3. The molecule has 1 aliphatic rings. The van der Waals surface area contributed by atoms with Crippen LogP contribution in [0.4, 0.5) is 28.9 Å². The summed E-state index contributed by atoms with van der Waals surface area (Å²) in [4.78, 5) is 35.0. The number of amides is 2. The summed E-state index contributed by atoms with van der Waals surface area (Å²) in [5, 5.41) is 2.55. The van der Waals surface area contributed by atoms with Crippen LogP contribution < -0.4 is 10.2 Å². The number of aromatic nitrogens is 2. The van der Waals surface area contributed by atoms with Gasteiger partial charge in [-0.25, -0.2) is 18.2 Å². The highest BCUT2D eigenvalue weighted by molar-refractivity contribution is 6.09. The fourth-order valence-corrected chi connectivity index (χ4v) is 3.90. The Labute approximate surface area is 192 Å². The number of hydrogen-bond acceptors (Lipinski definition) is 4. The highest BCUT2D eigenvalue weighted by atomic mass is 19.3. The summed E-state index contributed by atoms with van der Waals surface area (Å²) in [5.41, 5.74) is 0.461. The summed E-state index contributed by atoms with van der Waals surface area (Å²) in [6, 6.07) is 7.54. The number of rotatable bonds is 4. The molecule has 3 heterocycles. The topological polar surface area (TPSA) is 75.2 Å². The van der Waals surface area contributed by atoms with Crippen LogP contribution >= 0.6 is 0 Å². The van der Waals surface area contributed by atoms with Crippen LogP contribution in [-0.2, 0) is 15.5 Å². The summed E-state index contributed by atoms with van der Waals surface area (Å²) in [6.45, 7) is 3.32. The highest BCUT2D eigenvalue weighted by Crippen LogP contribution is 2.41. The minimum absolute atomic E-state index is 0.0594. The molecular weight excluding hydrogens is 452 g/mol. The fourth-order valence-electron chi connectivity index (χ4n) is 3.90. The van der Waals surface area contributed by atoms with Crippen LogP contribution in [0.25, 0.3) is 11.1 Å². The van der Waals surface area contributed by atoms with Crippen LogP contribution in [-0.4, -0.2) is 28.3 Å². The van der Waals surface area contributed by atoms with Gasteiger partial charge in [-0.1, -0.05) is 12.1 Å². The van der Waals surface area contributed by atoms with Gasteiger partial charge >= 0.3 is 0 Å². The number of alkyl halides is 2. The van der Waals surface area contributed by atoms with E-state index in [0.717, 1.165) is 24.1 Å². The average molecular weight is 472 g/mol. The largest absolute Gasteiger partial charge is 0.325 e. The second-order valence-corrected chi connectivity index (χ2v) is 8.19. The van der Waals surface area contributed by atoms with Gasteiger partial charge in [0, 0.05) is 29.4 Å². The molecule has 0 saturated carbocycles. The first-order chi connectivity index (χ1) is 16.0. The number of benzene rings is 1. The van der Waals surface area contributed by atoms with Gasteiger partial charge in [0.2, 0.25) is 17.8 Å². The molecule has 0 fully saturated rings. The van der Waals surface area contributed by atoms with Crippen LogP contribution in [0.15, 0.2) is 42.6 Å². The molecule has 6 nitrogen and oxygen atoms in total. The number of pyridine rings is 2. The molecule has 176 valence electrons. The van der Waals surface area contributed by atoms with Gasteiger partial charge < -0.3 is 10.2 Å². The molecule has 1 N–H and O–H groups in total. The number of halogens is 4. The molecule has 2 aromatic heterocycles. The monoisotopic (exact) mass is 472 g/mol. The lowest BCUT2D eigenvalue weighted by atomic mass is 9.98. The van der Waals surface area contributed by atoms with E-state index in [-0.39, 0.29) is 39.5 Å². The second-order valence-electron chi connectivity index (χ2n) is 8.19. The SMILES string of the molecule is Cc1cc2c(c(F)n1)-c1cc(F)cnc1[C@@H](C)C(=O)N2CC(=O)Nc1ccc(C(C)(F)F)cc1. The molecule has 0 saturated heterocycles. The van der Waals surface area contributed by atoms with Crippen molar-refractivity contribution in [2.45, 2.75) is 32.6 Å². The van der Waals surface area contributed by atoms with E-state index in [1.165, 1.54) is 44.2 Å². The molecule has 1 aliphatic heterocycles. The summed E-state index contributed by atoms with van der Waals surface area (Å²) >= 11 is 0. The molecule has 0 radical (unpaired) electrons. The normalized spacial score (nSPS) is 15.4. The lowest BCUT2D eigenvalue weighted by Crippen LogP contribution is -2.40. The maximum atomic E-state index is 15.0. The number of carbonyl (C=O) groups is 2. The van der Waals surface area contributed by atoms with Crippen LogP contribution in [0, 0.1) is 18.7 Å². The number of aryl methyl sites for hydroxylation is 1. The Kier molecular flexibility index (Phi) is 5.84. The minimum atomic E-state index is -3.03. The lowest BCUT2D eigenvalue weighted by Gasteiger charge is -2.24. The second kappa shape index (κ2) is 8.51. The highest BCUT2D eigenvalue weighted by Gasteiger charge is 2.36. The average Bonchev–Trinajstić information content (AvgIpc) is 2.83. The molecular formula is C24H20F4N4O2. The molecule has 2 amide bonds. The molecule has 1 atom stereocenters. The van der Waals surface area contributed by atoms with Crippen molar-refractivity contribution in [2.24, 2.45) is 0 Å². The third kappa shape index (κ3) is 4.35. The zero-order chi connectivity index (χ0) is 24.8. The predicted octanol–water partition coefficient (Wildman–Crippen LogP) is 4.93. The van der Waals surface area contributed by atoms with Crippen molar-refractivity contribution < 1.29 is 27.2 Å². The Balaban J connectivity index is 1.70. The third-order valence-electron chi connectivity index (χ3n) is 5.55. The lowest BCUT2D eigenvalue weighted by molar-refractivity contribution is -0.122. The molecule has 34 heavy (non-hydrogen) atoms. The van der Waals surface area contributed by atoms with E-state index in [1.54, 1.807) is 0 Å². The van der Waals surface area contributed by atoms with Gasteiger partial charge in [0.15, 0.2) is 0 Å². The van der Waals surface area contributed by atoms with Crippen LogP contribution in [0.2, 0.25) is 0 Å². The standard InChI is InChI=1S/C24H20F4N4O2/c1-12-8-18-20(22(26)30-12)17-9-15(25)10-29-21(17)13(2)23(34)32(18)11-19(33)31-16-6-4-14(5-7-16)24(3,27)28/h4-10,13H,11H2,1-3H3,(H,31,33)/t13-/m1/s1. The first-order valence-corrected chi connectivity index (χ1v) is 10.4. The van der Waals surface area contributed by atoms with E-state index in [0.29, 0.717) is 0 Å². The quantitative estimate of drug-likeness (QED) is 0.432. The van der Waals surface area contributed by atoms with Crippen molar-refractivity contribution in [1.29, 1.82) is 0 Å². The Bertz CT molecular complexity index is 1290. The van der Waals surface area contributed by atoms with E-state index in [9.17, 15) is 22.8 Å². The Morgan fingerprint density at radius 1 is 1.18 bits per heavy atom. The first kappa shape index (κ1) is 23.3. The van der Waals surface area contributed by atoms with E-state index in [4.69, 9.17) is 0 Å². The number of carbonyl (C=O) groups excluding carboxylic acids is 2. The Hall–Kier alpha value is -3.82. The molecule has 0 aliphatic carbocycles. The number of anilines is 2. The number of fused-ring (bicyclic) bond motifs is 3. The van der Waals surface area contributed by atoms with Crippen LogP contribution in [0.3, 0.4) is 0 Å². The van der Waals surface area contributed by atoms with Crippen LogP contribution in [0.1, 0.15) is 36.7 Å². The van der Waals surface area contributed by atoms with Crippen molar-refractivity contribution in [3.8, 4) is 11.1 Å². The molecule has 10 heteroatoms. The van der Waals surface area contributed by atoms with Crippen molar-refractivity contribution in [1.82, 2.24) is 9.97 Å². The summed E-state index contributed by atoms with van der Waals surface area (Å²) < 4.78 is 55.8. The van der Waals surface area contributed by atoms with Gasteiger partial charge in [-0.2, -0.15) is 4.39 Å². The van der Waals surface area contributed by atoms with Crippen molar-refractivity contribution in [3.63, 3.8) is 0 Å². The minimum Gasteiger partial charge on any atom is -0.325 e. The van der Waals surface area contributed by atoms with Gasteiger partial charge in [-0.3, -0.25) is 14.6 Å². The van der Waals surface area contributed by atoms with Crippen molar-refractivity contribution >= 4 is 23.2 Å². The molecule has 0 bridgehead atoms. The molecule has 3 aromatic rings. The van der Waals surface area contributed by atoms with Crippen molar-refractivity contribution in [2.75, 3.05) is 16.8 Å². The summed E-state index contributed by atoms with van der Waals surface area (Å²) in [5.74, 6) is -6.74. The third-order valence-corrected chi connectivity index (χ3v) is 5.55. The maximum Gasteiger partial charge on any atom is 0.270 e. The predicted molar refractivity (Wildman–Crippen MR) is 118 cm³/mol. The van der Waals surface area contributed by atoms with E-state index >= 15 is 4.39 Å². The van der Waals surface area contributed by atoms with E-state index in [1.807, 2.05) is 0 Å². The fraction of sp³-hybridized carbons (Fsp3) is 0.250. The molecule has 4 rings (SSSR count). The number of hydrogen-bond donors (Lipinski definition) is 1. The Morgan fingerprint density at radius 2 is 1.85 bits per heavy atom. The molecule has 1 aromatic carbocycles. The van der Waals surface area contributed by atoms with Crippen LogP contribution in [0.5, 0.6) is 0 Å². The summed E-state index contributed by atoms with van der Waals surface area (Å²) in [7, 11) is 0. The first-order valence-electron chi connectivity index (χ1n) is 10.4. The molecule has 0 spiro atoms. The summed E-state index contributed by atoms with van der Waals surface area (Å²) in [6.07, 6.45) is 0.938. The van der Waals surface area contributed by atoms with Gasteiger partial charge in [-0.05, 0) is 38.1 Å². The smallest absolute Gasteiger partial charge is 0.270 e. The van der Waals surface area contributed by atoms with Gasteiger partial charge in [-0.15, -0.1) is 0 Å². The molecule has 0 unspecified atom stereocenters. The zero-order valence-corrected chi connectivity index (χ0v) is 18.5.